The first kappa shape index (κ1) is 16.1. The summed E-state index contributed by atoms with van der Waals surface area (Å²) in [5.41, 5.74) is 1.28. The van der Waals surface area contributed by atoms with E-state index in [1.54, 1.807) is 0 Å². The normalized spacial score (nSPS) is 13.1. The number of rotatable bonds is 3. The molecule has 1 heterocycles. The summed E-state index contributed by atoms with van der Waals surface area (Å²) < 4.78 is 85.4. The van der Waals surface area contributed by atoms with Crippen molar-refractivity contribution in [3.63, 3.8) is 0 Å². The Kier molecular flexibility index (Phi) is 4.37. The smallest absolute Gasteiger partial charge is 0.326 e. The molecule has 0 unspecified atom stereocenters. The molecule has 11 heteroatoms. The fourth-order valence-corrected chi connectivity index (χ4v) is 2.80. The van der Waals surface area contributed by atoms with Crippen LogP contribution in [0.3, 0.4) is 0 Å². The van der Waals surface area contributed by atoms with Crippen molar-refractivity contribution in [1.82, 2.24) is 4.98 Å². The van der Waals surface area contributed by atoms with Gasteiger partial charge in [-0.05, 0) is 5.56 Å². The molecule has 108 valence electrons. The van der Waals surface area contributed by atoms with Gasteiger partial charge in [0.2, 0.25) is 0 Å². The fraction of sp³-hybridized carbons (Fsp3) is 0.375. The van der Waals surface area contributed by atoms with Gasteiger partial charge in [0.25, 0.3) is 15.5 Å². The summed E-state index contributed by atoms with van der Waals surface area (Å²) in [7, 11) is -0.0769. The maximum Gasteiger partial charge on any atom is 0.434 e. The number of pyridine rings is 1. The van der Waals surface area contributed by atoms with E-state index in [4.69, 9.17) is 16.4 Å². The number of halogens is 6. The van der Waals surface area contributed by atoms with Crippen molar-refractivity contribution in [3.05, 3.63) is 23.0 Å². The molecule has 0 saturated carbocycles. The van der Waals surface area contributed by atoms with Crippen molar-refractivity contribution in [2.24, 2.45) is 5.73 Å². The van der Waals surface area contributed by atoms with Crippen LogP contribution >= 0.6 is 10.7 Å². The van der Waals surface area contributed by atoms with Gasteiger partial charge in [0.1, 0.15) is 4.90 Å². The molecule has 2 N–H and O–H groups in total. The van der Waals surface area contributed by atoms with Crippen molar-refractivity contribution in [3.8, 4) is 0 Å². The molecule has 0 aliphatic heterocycles. The van der Waals surface area contributed by atoms with Crippen molar-refractivity contribution in [2.75, 3.05) is 0 Å². The first-order valence-corrected chi connectivity index (χ1v) is 6.83. The molecule has 0 amide bonds. The lowest BCUT2D eigenvalue weighted by Crippen LogP contribution is -2.19. The largest absolute Gasteiger partial charge is 0.434 e. The van der Waals surface area contributed by atoms with Crippen LogP contribution < -0.4 is 5.73 Å². The van der Waals surface area contributed by atoms with E-state index in [9.17, 15) is 30.4 Å². The summed E-state index contributed by atoms with van der Waals surface area (Å²) in [4.78, 5) is 1.20. The molecule has 1 aromatic rings. The van der Waals surface area contributed by atoms with Gasteiger partial charge < -0.3 is 5.73 Å². The molecular formula is C8H6ClF5N2O2S. The van der Waals surface area contributed by atoms with E-state index in [0.29, 0.717) is 0 Å². The average molecular weight is 325 g/mol. The van der Waals surface area contributed by atoms with Gasteiger partial charge in [0.05, 0.1) is 0 Å². The summed E-state index contributed by atoms with van der Waals surface area (Å²) >= 11 is 0. The molecule has 0 bridgehead atoms. The summed E-state index contributed by atoms with van der Waals surface area (Å²) in [6.07, 6.45) is -8.16. The number of nitrogens with zero attached hydrogens (tertiary/aromatic N) is 1. The zero-order chi connectivity index (χ0) is 15.0. The van der Waals surface area contributed by atoms with E-state index >= 15 is 0 Å². The van der Waals surface area contributed by atoms with Gasteiger partial charge in [-0.25, -0.2) is 22.2 Å². The summed E-state index contributed by atoms with van der Waals surface area (Å²) in [5, 5.41) is 0. The van der Waals surface area contributed by atoms with Crippen molar-refractivity contribution in [1.29, 1.82) is 0 Å². The number of aromatic nitrogens is 1. The number of hydrogen-bond donors (Lipinski definition) is 1. The van der Waals surface area contributed by atoms with Crippen molar-refractivity contribution < 1.29 is 30.4 Å². The Morgan fingerprint density at radius 1 is 1.37 bits per heavy atom. The van der Waals surface area contributed by atoms with E-state index in [0.717, 1.165) is 0 Å². The van der Waals surface area contributed by atoms with E-state index in [1.165, 1.54) is 0 Å². The SMILES string of the molecule is NCc1c(C(F)F)cnc(C(F)(F)F)c1S(=O)(=O)Cl. The van der Waals surface area contributed by atoms with Crippen LogP contribution in [0.4, 0.5) is 22.0 Å². The van der Waals surface area contributed by atoms with Gasteiger partial charge in [0, 0.05) is 29.0 Å². The predicted molar refractivity (Wildman–Crippen MR) is 55.1 cm³/mol. The van der Waals surface area contributed by atoms with Crippen LogP contribution in [0.25, 0.3) is 0 Å². The second-order valence-electron chi connectivity index (χ2n) is 3.31. The van der Waals surface area contributed by atoms with Crippen LogP contribution in [0.15, 0.2) is 11.1 Å². The van der Waals surface area contributed by atoms with Crippen LogP contribution in [0.5, 0.6) is 0 Å². The van der Waals surface area contributed by atoms with Gasteiger partial charge in [-0.15, -0.1) is 0 Å². The van der Waals surface area contributed by atoms with Crippen LogP contribution in [0.1, 0.15) is 23.2 Å². The zero-order valence-corrected chi connectivity index (χ0v) is 10.5. The summed E-state index contributed by atoms with van der Waals surface area (Å²) in [6, 6.07) is 0. The molecule has 0 aliphatic rings. The van der Waals surface area contributed by atoms with Gasteiger partial charge in [-0.2, -0.15) is 13.2 Å². The third kappa shape index (κ3) is 3.31. The highest BCUT2D eigenvalue weighted by atomic mass is 35.7. The summed E-state index contributed by atoms with van der Waals surface area (Å²) in [6.45, 7) is -0.855. The highest BCUT2D eigenvalue weighted by molar-refractivity contribution is 8.13. The molecular weight excluding hydrogens is 319 g/mol. The van der Waals surface area contributed by atoms with Gasteiger partial charge >= 0.3 is 6.18 Å². The quantitative estimate of drug-likeness (QED) is 0.684. The van der Waals surface area contributed by atoms with Crippen LogP contribution in [0.2, 0.25) is 0 Å². The monoisotopic (exact) mass is 324 g/mol. The highest BCUT2D eigenvalue weighted by Crippen LogP contribution is 2.38. The Balaban J connectivity index is 3.82. The van der Waals surface area contributed by atoms with E-state index in [-0.39, 0.29) is 6.20 Å². The Bertz CT molecular complexity index is 588. The Hall–Kier alpha value is -1.00. The molecule has 0 atom stereocenters. The van der Waals surface area contributed by atoms with Gasteiger partial charge in [0.15, 0.2) is 5.69 Å². The first-order chi connectivity index (χ1) is 8.50. The second-order valence-corrected chi connectivity index (χ2v) is 5.81. The Morgan fingerprint density at radius 2 is 1.89 bits per heavy atom. The van der Waals surface area contributed by atoms with Crippen molar-refractivity contribution >= 4 is 19.7 Å². The third-order valence-corrected chi connectivity index (χ3v) is 3.51. The molecule has 0 aliphatic carbocycles. The molecule has 0 spiro atoms. The number of alkyl halides is 5. The first-order valence-electron chi connectivity index (χ1n) is 4.52. The Morgan fingerprint density at radius 3 is 2.21 bits per heavy atom. The lowest BCUT2D eigenvalue weighted by molar-refractivity contribution is -0.143. The second kappa shape index (κ2) is 5.17. The zero-order valence-electron chi connectivity index (χ0n) is 8.88. The molecule has 0 radical (unpaired) electrons. The average Bonchev–Trinajstić information content (AvgIpc) is 2.24. The number of nitrogens with two attached hydrogens (primary N) is 1. The standard InChI is InChI=1S/C8H6ClF5N2O2S/c9-19(17,18)5-3(1-15)4(7(10)11)2-16-6(5)8(12,13)14/h2,7H,1,15H2. The third-order valence-electron chi connectivity index (χ3n) is 2.12. The molecule has 19 heavy (non-hydrogen) atoms. The number of hydrogen-bond acceptors (Lipinski definition) is 4. The molecule has 4 nitrogen and oxygen atoms in total. The topological polar surface area (TPSA) is 73.0 Å². The lowest BCUT2D eigenvalue weighted by Gasteiger charge is -2.16. The molecule has 1 rings (SSSR count). The summed E-state index contributed by atoms with van der Waals surface area (Å²) in [5.74, 6) is 0. The maximum absolute atomic E-state index is 12.6. The van der Waals surface area contributed by atoms with E-state index in [1.807, 2.05) is 0 Å². The van der Waals surface area contributed by atoms with Crippen LogP contribution in [-0.4, -0.2) is 13.4 Å². The molecule has 1 aromatic heterocycles. The van der Waals surface area contributed by atoms with Crippen molar-refractivity contribution in [2.45, 2.75) is 24.0 Å². The van der Waals surface area contributed by atoms with Crippen LogP contribution in [0, 0.1) is 0 Å². The molecule has 0 aromatic carbocycles. The van der Waals surface area contributed by atoms with Gasteiger partial charge in [-0.3, -0.25) is 0 Å². The highest BCUT2D eigenvalue weighted by Gasteiger charge is 2.41. The fourth-order valence-electron chi connectivity index (χ4n) is 1.41. The maximum atomic E-state index is 12.6. The van der Waals surface area contributed by atoms with Gasteiger partial charge in [-0.1, -0.05) is 0 Å². The minimum absolute atomic E-state index is 0.237. The lowest BCUT2D eigenvalue weighted by atomic mass is 10.1. The Labute approximate surface area is 108 Å². The van der Waals surface area contributed by atoms with E-state index in [2.05, 4.69) is 4.98 Å². The van der Waals surface area contributed by atoms with Crippen LogP contribution in [-0.2, 0) is 21.8 Å². The minimum Gasteiger partial charge on any atom is -0.326 e. The van der Waals surface area contributed by atoms with E-state index < -0.39 is 49.9 Å². The predicted octanol–water partition coefficient (Wildman–Crippen LogP) is 2.42. The minimum atomic E-state index is -5.16. The molecule has 0 saturated heterocycles. The molecule has 0 fully saturated rings.